The number of carboxylic acids is 1. The van der Waals surface area contributed by atoms with Crippen molar-refractivity contribution in [1.82, 2.24) is 4.98 Å². The number of likely N-dealkylation sites (N-methyl/N-ethyl adjacent to an activating group) is 1. The van der Waals surface area contributed by atoms with Gasteiger partial charge in [-0.25, -0.2) is 9.78 Å². The van der Waals surface area contributed by atoms with Crippen LogP contribution in [0.5, 0.6) is 0 Å². The number of aromatic nitrogens is 1. The molecule has 4 heteroatoms. The lowest BCUT2D eigenvalue weighted by Crippen LogP contribution is -2.21. The van der Waals surface area contributed by atoms with Crippen LogP contribution in [0.15, 0.2) is 42.6 Å². The molecule has 0 fully saturated rings. The lowest BCUT2D eigenvalue weighted by atomic mass is 10.1. The number of benzene rings is 1. The topological polar surface area (TPSA) is 53.4 Å². The highest BCUT2D eigenvalue weighted by Gasteiger charge is 2.06. The first-order valence-electron chi connectivity index (χ1n) is 6.52. The lowest BCUT2D eigenvalue weighted by Gasteiger charge is -2.18. The number of carboxylic acid groups (broad SMARTS) is 1. The molecule has 0 saturated carbocycles. The third-order valence-corrected chi connectivity index (χ3v) is 3.24. The SMILES string of the molecule is Cc1ccc(CCN(C)c2ccc(C(=O)O)cn2)cc1. The van der Waals surface area contributed by atoms with Gasteiger partial charge in [-0.15, -0.1) is 0 Å². The number of aromatic carboxylic acids is 1. The molecule has 1 aromatic carbocycles. The Bertz CT molecular complexity index is 576. The third-order valence-electron chi connectivity index (χ3n) is 3.24. The predicted octanol–water partition coefficient (Wildman–Crippen LogP) is 2.77. The second-order valence-corrected chi connectivity index (χ2v) is 4.87. The van der Waals surface area contributed by atoms with Gasteiger partial charge < -0.3 is 10.0 Å². The van der Waals surface area contributed by atoms with Crippen LogP contribution in [-0.4, -0.2) is 29.7 Å². The molecule has 0 bridgehead atoms. The average molecular weight is 270 g/mol. The summed E-state index contributed by atoms with van der Waals surface area (Å²) in [6.07, 6.45) is 2.32. The number of hydrogen-bond donors (Lipinski definition) is 1. The van der Waals surface area contributed by atoms with Gasteiger partial charge in [-0.05, 0) is 31.0 Å². The van der Waals surface area contributed by atoms with Crippen molar-refractivity contribution in [2.24, 2.45) is 0 Å². The Kier molecular flexibility index (Phi) is 4.35. The molecule has 0 aliphatic carbocycles. The minimum atomic E-state index is -0.952. The van der Waals surface area contributed by atoms with Gasteiger partial charge >= 0.3 is 5.97 Å². The number of anilines is 1. The van der Waals surface area contributed by atoms with E-state index in [-0.39, 0.29) is 5.56 Å². The summed E-state index contributed by atoms with van der Waals surface area (Å²) >= 11 is 0. The van der Waals surface area contributed by atoms with Gasteiger partial charge in [0.25, 0.3) is 0 Å². The summed E-state index contributed by atoms with van der Waals surface area (Å²) in [7, 11) is 1.96. The summed E-state index contributed by atoms with van der Waals surface area (Å²) in [4.78, 5) is 17.0. The highest BCUT2D eigenvalue weighted by molar-refractivity contribution is 5.87. The average Bonchev–Trinajstić information content (AvgIpc) is 2.46. The van der Waals surface area contributed by atoms with E-state index in [9.17, 15) is 4.79 Å². The maximum atomic E-state index is 10.8. The van der Waals surface area contributed by atoms with Gasteiger partial charge in [0.1, 0.15) is 5.82 Å². The van der Waals surface area contributed by atoms with Gasteiger partial charge in [-0.2, -0.15) is 0 Å². The molecule has 1 aromatic heterocycles. The van der Waals surface area contributed by atoms with Crippen LogP contribution in [0.1, 0.15) is 21.5 Å². The van der Waals surface area contributed by atoms with Gasteiger partial charge in [-0.1, -0.05) is 29.8 Å². The van der Waals surface area contributed by atoms with E-state index in [0.717, 1.165) is 18.8 Å². The van der Waals surface area contributed by atoms with Crippen LogP contribution in [0.2, 0.25) is 0 Å². The van der Waals surface area contributed by atoms with E-state index in [0.29, 0.717) is 0 Å². The molecule has 1 heterocycles. The Balaban J connectivity index is 1.95. The monoisotopic (exact) mass is 270 g/mol. The Morgan fingerprint density at radius 3 is 2.45 bits per heavy atom. The van der Waals surface area contributed by atoms with E-state index >= 15 is 0 Å². The number of rotatable bonds is 5. The van der Waals surface area contributed by atoms with E-state index in [1.165, 1.54) is 17.3 Å². The first kappa shape index (κ1) is 14.1. The molecule has 0 saturated heterocycles. The zero-order valence-corrected chi connectivity index (χ0v) is 11.7. The highest BCUT2D eigenvalue weighted by atomic mass is 16.4. The van der Waals surface area contributed by atoms with Crippen LogP contribution in [0.3, 0.4) is 0 Å². The molecule has 0 aliphatic rings. The fourth-order valence-electron chi connectivity index (χ4n) is 1.90. The van der Waals surface area contributed by atoms with Crippen molar-refractivity contribution in [3.63, 3.8) is 0 Å². The number of hydrogen-bond acceptors (Lipinski definition) is 3. The molecule has 4 nitrogen and oxygen atoms in total. The Labute approximate surface area is 118 Å². The van der Waals surface area contributed by atoms with E-state index in [1.807, 2.05) is 11.9 Å². The molecule has 0 unspecified atom stereocenters. The number of nitrogens with zero attached hydrogens (tertiary/aromatic N) is 2. The third kappa shape index (κ3) is 3.57. The van der Waals surface area contributed by atoms with Gasteiger partial charge in [-0.3, -0.25) is 0 Å². The molecular formula is C16H18N2O2. The first-order chi connectivity index (χ1) is 9.56. The van der Waals surface area contributed by atoms with Crippen LogP contribution in [0.25, 0.3) is 0 Å². The molecule has 2 rings (SSSR count). The summed E-state index contributed by atoms with van der Waals surface area (Å²) in [5, 5.41) is 8.84. The quantitative estimate of drug-likeness (QED) is 0.907. The maximum Gasteiger partial charge on any atom is 0.337 e. The van der Waals surface area contributed by atoms with Gasteiger partial charge in [0, 0.05) is 19.8 Å². The smallest absolute Gasteiger partial charge is 0.337 e. The minimum absolute atomic E-state index is 0.209. The standard InChI is InChI=1S/C16H18N2O2/c1-12-3-5-13(6-4-12)9-10-18(2)15-8-7-14(11-17-15)16(19)20/h3-8,11H,9-10H2,1-2H3,(H,19,20). The molecule has 2 aromatic rings. The molecule has 0 spiro atoms. The number of carbonyl (C=O) groups is 1. The summed E-state index contributed by atoms with van der Waals surface area (Å²) in [5.74, 6) is -0.173. The summed E-state index contributed by atoms with van der Waals surface area (Å²) in [6.45, 7) is 2.91. The molecule has 1 N–H and O–H groups in total. The molecule has 0 atom stereocenters. The summed E-state index contributed by atoms with van der Waals surface area (Å²) in [5.41, 5.74) is 2.75. The molecule has 0 aliphatic heterocycles. The van der Waals surface area contributed by atoms with Crippen LogP contribution >= 0.6 is 0 Å². The Morgan fingerprint density at radius 2 is 1.90 bits per heavy atom. The molecule has 0 amide bonds. The van der Waals surface area contributed by atoms with Crippen LogP contribution in [0, 0.1) is 6.92 Å². The van der Waals surface area contributed by atoms with Crippen LogP contribution in [-0.2, 0) is 6.42 Å². The first-order valence-corrected chi connectivity index (χ1v) is 6.52. The van der Waals surface area contributed by atoms with Gasteiger partial charge in [0.2, 0.25) is 0 Å². The lowest BCUT2D eigenvalue weighted by molar-refractivity contribution is 0.0696. The van der Waals surface area contributed by atoms with Crippen molar-refractivity contribution >= 4 is 11.8 Å². The van der Waals surface area contributed by atoms with Crippen LogP contribution < -0.4 is 4.90 Å². The summed E-state index contributed by atoms with van der Waals surface area (Å²) < 4.78 is 0. The van der Waals surface area contributed by atoms with Crippen LogP contribution in [0.4, 0.5) is 5.82 Å². The van der Waals surface area contributed by atoms with E-state index in [2.05, 4.69) is 36.2 Å². The molecular weight excluding hydrogens is 252 g/mol. The second-order valence-electron chi connectivity index (χ2n) is 4.87. The van der Waals surface area contributed by atoms with E-state index < -0.39 is 5.97 Å². The normalized spacial score (nSPS) is 10.3. The molecule has 104 valence electrons. The van der Waals surface area contributed by atoms with E-state index in [1.54, 1.807) is 12.1 Å². The Morgan fingerprint density at radius 1 is 1.20 bits per heavy atom. The van der Waals surface area contributed by atoms with Gasteiger partial charge in [0.05, 0.1) is 5.56 Å². The number of pyridine rings is 1. The van der Waals surface area contributed by atoms with Crippen molar-refractivity contribution in [3.8, 4) is 0 Å². The Hall–Kier alpha value is -2.36. The highest BCUT2D eigenvalue weighted by Crippen LogP contribution is 2.11. The fourth-order valence-corrected chi connectivity index (χ4v) is 1.90. The zero-order chi connectivity index (χ0) is 14.5. The van der Waals surface area contributed by atoms with Crippen molar-refractivity contribution in [2.45, 2.75) is 13.3 Å². The predicted molar refractivity (Wildman–Crippen MR) is 79.3 cm³/mol. The number of aryl methyl sites for hydroxylation is 1. The van der Waals surface area contributed by atoms with Crippen molar-refractivity contribution in [1.29, 1.82) is 0 Å². The van der Waals surface area contributed by atoms with Gasteiger partial charge in [0.15, 0.2) is 0 Å². The minimum Gasteiger partial charge on any atom is -0.478 e. The zero-order valence-electron chi connectivity index (χ0n) is 11.7. The fraction of sp³-hybridized carbons (Fsp3) is 0.250. The van der Waals surface area contributed by atoms with Crippen molar-refractivity contribution in [3.05, 3.63) is 59.3 Å². The second kappa shape index (κ2) is 6.19. The maximum absolute atomic E-state index is 10.8. The summed E-state index contributed by atoms with van der Waals surface area (Å²) in [6, 6.07) is 11.8. The van der Waals surface area contributed by atoms with Crippen molar-refractivity contribution in [2.75, 3.05) is 18.5 Å². The van der Waals surface area contributed by atoms with E-state index in [4.69, 9.17) is 5.11 Å². The molecule has 20 heavy (non-hydrogen) atoms. The molecule has 0 radical (unpaired) electrons. The largest absolute Gasteiger partial charge is 0.478 e. The van der Waals surface area contributed by atoms with Crippen molar-refractivity contribution < 1.29 is 9.90 Å².